The van der Waals surface area contributed by atoms with Crippen LogP contribution in [0.25, 0.3) is 6.08 Å². The van der Waals surface area contributed by atoms with E-state index >= 15 is 0 Å². The molecule has 3 heteroatoms. The Labute approximate surface area is 115 Å². The number of nitrogens with one attached hydrogen (secondary N) is 1. The standard InChI is InChI=1S/C16H22N2O/c1-13-7-10-18(11-8-13)16(19)17-9-6-15-5-3-4-14(2)12-15/h3-6,9,12-13H,7-8,10-11H2,1-2H3,(H,17,19)/b9-6+. The summed E-state index contributed by atoms with van der Waals surface area (Å²) < 4.78 is 0. The second-order valence-corrected chi connectivity index (χ2v) is 5.37. The van der Waals surface area contributed by atoms with Crippen LogP contribution in [0.4, 0.5) is 4.79 Å². The highest BCUT2D eigenvalue weighted by Gasteiger charge is 2.19. The van der Waals surface area contributed by atoms with Gasteiger partial charge in [-0.3, -0.25) is 0 Å². The molecule has 0 aromatic heterocycles. The lowest BCUT2D eigenvalue weighted by Crippen LogP contribution is -2.42. The number of urea groups is 1. The molecule has 2 amide bonds. The Balaban J connectivity index is 1.83. The van der Waals surface area contributed by atoms with E-state index in [2.05, 4.69) is 31.3 Å². The molecule has 1 N–H and O–H groups in total. The minimum absolute atomic E-state index is 0.0100. The van der Waals surface area contributed by atoms with E-state index in [0.717, 1.165) is 37.4 Å². The van der Waals surface area contributed by atoms with E-state index in [1.54, 1.807) is 6.20 Å². The van der Waals surface area contributed by atoms with Crippen LogP contribution in [0.5, 0.6) is 0 Å². The Morgan fingerprint density at radius 3 is 2.79 bits per heavy atom. The van der Waals surface area contributed by atoms with Gasteiger partial charge in [-0.15, -0.1) is 0 Å². The maximum atomic E-state index is 11.9. The molecule has 1 aromatic rings. The molecule has 1 heterocycles. The van der Waals surface area contributed by atoms with Gasteiger partial charge in [0.25, 0.3) is 0 Å². The van der Waals surface area contributed by atoms with E-state index in [9.17, 15) is 4.79 Å². The molecule has 0 atom stereocenters. The van der Waals surface area contributed by atoms with Crippen LogP contribution in [0.1, 0.15) is 30.9 Å². The van der Waals surface area contributed by atoms with Gasteiger partial charge in [-0.05, 0) is 37.3 Å². The van der Waals surface area contributed by atoms with Crippen molar-refractivity contribution in [1.82, 2.24) is 10.2 Å². The van der Waals surface area contributed by atoms with Crippen LogP contribution in [-0.4, -0.2) is 24.0 Å². The molecule has 3 nitrogen and oxygen atoms in total. The predicted molar refractivity (Wildman–Crippen MR) is 78.7 cm³/mol. The lowest BCUT2D eigenvalue weighted by molar-refractivity contribution is 0.177. The molecular formula is C16H22N2O. The summed E-state index contributed by atoms with van der Waals surface area (Å²) >= 11 is 0. The smallest absolute Gasteiger partial charge is 0.321 e. The summed E-state index contributed by atoms with van der Waals surface area (Å²) in [6.07, 6.45) is 5.87. The van der Waals surface area contributed by atoms with Crippen molar-refractivity contribution in [3.63, 3.8) is 0 Å². The summed E-state index contributed by atoms with van der Waals surface area (Å²) in [4.78, 5) is 13.8. The Bertz CT molecular complexity index is 460. The average molecular weight is 258 g/mol. The minimum Gasteiger partial charge on any atom is -0.325 e. The number of hydrogen-bond donors (Lipinski definition) is 1. The van der Waals surface area contributed by atoms with Crippen LogP contribution in [0, 0.1) is 12.8 Å². The van der Waals surface area contributed by atoms with E-state index in [1.165, 1.54) is 5.56 Å². The maximum absolute atomic E-state index is 11.9. The Hall–Kier alpha value is -1.77. The SMILES string of the molecule is Cc1cccc(/C=C/NC(=O)N2CCC(C)CC2)c1. The number of piperidine rings is 1. The van der Waals surface area contributed by atoms with Crippen molar-refractivity contribution < 1.29 is 4.79 Å². The number of hydrogen-bond acceptors (Lipinski definition) is 1. The van der Waals surface area contributed by atoms with E-state index in [-0.39, 0.29) is 6.03 Å². The highest BCUT2D eigenvalue weighted by Crippen LogP contribution is 2.15. The molecular weight excluding hydrogens is 236 g/mol. The van der Waals surface area contributed by atoms with Crippen molar-refractivity contribution in [3.05, 3.63) is 41.6 Å². The fourth-order valence-electron chi connectivity index (χ4n) is 2.29. The molecule has 0 bridgehead atoms. The monoisotopic (exact) mass is 258 g/mol. The predicted octanol–water partition coefficient (Wildman–Crippen LogP) is 3.41. The number of carbonyl (C=O) groups excluding carboxylic acids is 1. The highest BCUT2D eigenvalue weighted by atomic mass is 16.2. The molecule has 1 fully saturated rings. The third-order valence-electron chi connectivity index (χ3n) is 3.60. The van der Waals surface area contributed by atoms with Crippen molar-refractivity contribution in [2.75, 3.05) is 13.1 Å². The molecule has 19 heavy (non-hydrogen) atoms. The van der Waals surface area contributed by atoms with Gasteiger partial charge in [-0.2, -0.15) is 0 Å². The van der Waals surface area contributed by atoms with Gasteiger partial charge < -0.3 is 10.2 Å². The van der Waals surface area contributed by atoms with Crippen molar-refractivity contribution >= 4 is 12.1 Å². The lowest BCUT2D eigenvalue weighted by Gasteiger charge is -2.29. The molecule has 1 aromatic carbocycles. The molecule has 0 unspecified atom stereocenters. The Morgan fingerprint density at radius 1 is 1.37 bits per heavy atom. The first-order valence-electron chi connectivity index (χ1n) is 6.94. The summed E-state index contributed by atoms with van der Waals surface area (Å²) in [5, 5.41) is 2.84. The van der Waals surface area contributed by atoms with E-state index in [1.807, 2.05) is 23.1 Å². The first kappa shape index (κ1) is 13.7. The topological polar surface area (TPSA) is 32.3 Å². The van der Waals surface area contributed by atoms with Gasteiger partial charge in [0.05, 0.1) is 0 Å². The van der Waals surface area contributed by atoms with Gasteiger partial charge in [0, 0.05) is 19.3 Å². The molecule has 0 aliphatic carbocycles. The fourth-order valence-corrected chi connectivity index (χ4v) is 2.29. The van der Waals surface area contributed by atoms with Gasteiger partial charge in [-0.1, -0.05) is 36.8 Å². The quantitative estimate of drug-likeness (QED) is 0.866. The van der Waals surface area contributed by atoms with E-state index in [0.29, 0.717) is 0 Å². The van der Waals surface area contributed by atoms with Crippen LogP contribution in [0.15, 0.2) is 30.5 Å². The summed E-state index contributed by atoms with van der Waals surface area (Å²) in [5.41, 5.74) is 2.33. The summed E-state index contributed by atoms with van der Waals surface area (Å²) in [5.74, 6) is 0.742. The third kappa shape index (κ3) is 4.12. The highest BCUT2D eigenvalue weighted by molar-refractivity contribution is 5.76. The Morgan fingerprint density at radius 2 is 2.11 bits per heavy atom. The molecule has 0 saturated carbocycles. The molecule has 1 saturated heterocycles. The van der Waals surface area contributed by atoms with Crippen molar-refractivity contribution in [1.29, 1.82) is 0 Å². The second-order valence-electron chi connectivity index (χ2n) is 5.37. The normalized spacial score (nSPS) is 16.8. The third-order valence-corrected chi connectivity index (χ3v) is 3.60. The number of aryl methyl sites for hydroxylation is 1. The largest absolute Gasteiger partial charge is 0.325 e. The first-order chi connectivity index (χ1) is 9.15. The van der Waals surface area contributed by atoms with Crippen LogP contribution in [0.2, 0.25) is 0 Å². The Kier molecular flexibility index (Phi) is 4.61. The number of nitrogens with zero attached hydrogens (tertiary/aromatic N) is 1. The van der Waals surface area contributed by atoms with Crippen LogP contribution < -0.4 is 5.32 Å². The number of benzene rings is 1. The average Bonchev–Trinajstić information content (AvgIpc) is 2.39. The number of amides is 2. The second kappa shape index (κ2) is 6.41. The molecule has 1 aliphatic rings. The van der Waals surface area contributed by atoms with E-state index < -0.39 is 0 Å². The van der Waals surface area contributed by atoms with Crippen LogP contribution in [0.3, 0.4) is 0 Å². The number of carbonyl (C=O) groups is 1. The lowest BCUT2D eigenvalue weighted by atomic mass is 10.00. The van der Waals surface area contributed by atoms with E-state index in [4.69, 9.17) is 0 Å². The van der Waals surface area contributed by atoms with Crippen LogP contribution >= 0.6 is 0 Å². The zero-order valence-corrected chi connectivity index (χ0v) is 11.7. The number of likely N-dealkylation sites (tertiary alicyclic amines) is 1. The zero-order chi connectivity index (χ0) is 13.7. The maximum Gasteiger partial charge on any atom is 0.321 e. The molecule has 2 rings (SSSR count). The number of rotatable bonds is 2. The van der Waals surface area contributed by atoms with Gasteiger partial charge >= 0.3 is 6.03 Å². The van der Waals surface area contributed by atoms with Gasteiger partial charge in [0.2, 0.25) is 0 Å². The van der Waals surface area contributed by atoms with Gasteiger partial charge in [-0.25, -0.2) is 4.79 Å². The fraction of sp³-hybridized carbons (Fsp3) is 0.438. The summed E-state index contributed by atoms with van der Waals surface area (Å²) in [6, 6.07) is 8.20. The van der Waals surface area contributed by atoms with Crippen LogP contribution in [-0.2, 0) is 0 Å². The van der Waals surface area contributed by atoms with Gasteiger partial charge in [0.1, 0.15) is 0 Å². The molecule has 1 aliphatic heterocycles. The van der Waals surface area contributed by atoms with Crippen molar-refractivity contribution in [2.45, 2.75) is 26.7 Å². The molecule has 0 spiro atoms. The van der Waals surface area contributed by atoms with Crippen molar-refractivity contribution in [3.8, 4) is 0 Å². The summed E-state index contributed by atoms with van der Waals surface area (Å²) in [7, 11) is 0. The first-order valence-corrected chi connectivity index (χ1v) is 6.94. The minimum atomic E-state index is 0.0100. The zero-order valence-electron chi connectivity index (χ0n) is 11.7. The molecule has 0 radical (unpaired) electrons. The van der Waals surface area contributed by atoms with Crippen molar-refractivity contribution in [2.24, 2.45) is 5.92 Å². The summed E-state index contributed by atoms with van der Waals surface area (Å²) in [6.45, 7) is 6.04. The van der Waals surface area contributed by atoms with Gasteiger partial charge in [0.15, 0.2) is 0 Å². The molecule has 102 valence electrons.